The van der Waals surface area contributed by atoms with E-state index in [1.54, 1.807) is 4.68 Å². The van der Waals surface area contributed by atoms with Gasteiger partial charge in [0.15, 0.2) is 5.69 Å². The van der Waals surface area contributed by atoms with E-state index in [-0.39, 0.29) is 0 Å². The molecule has 0 unspecified atom stereocenters. The first-order chi connectivity index (χ1) is 10.9. The maximum atomic E-state index is 9.25. The Morgan fingerprint density at radius 3 is 2.73 bits per heavy atom. The van der Waals surface area contributed by atoms with E-state index in [4.69, 9.17) is 0 Å². The van der Waals surface area contributed by atoms with E-state index >= 15 is 0 Å². The van der Waals surface area contributed by atoms with Crippen molar-refractivity contribution in [1.29, 1.82) is 5.26 Å². The number of rotatable bonds is 3. The molecule has 1 aliphatic carbocycles. The normalized spacial score (nSPS) is 14.5. The van der Waals surface area contributed by atoms with Gasteiger partial charge in [0, 0.05) is 16.9 Å². The van der Waals surface area contributed by atoms with E-state index in [1.807, 2.05) is 35.7 Å². The van der Waals surface area contributed by atoms with E-state index in [1.165, 1.54) is 17.8 Å². The Balaban J connectivity index is 1.76. The summed E-state index contributed by atoms with van der Waals surface area (Å²) in [6, 6.07) is 12.2. The summed E-state index contributed by atoms with van der Waals surface area (Å²) < 4.78 is 1.75. The van der Waals surface area contributed by atoms with Crippen LogP contribution in [0.15, 0.2) is 35.7 Å². The standard InChI is InChI=1S/C16H13N5S/c17-9-13-15(12-7-4-8-12)21(20-19-13)16-18-14(10-22-16)11-5-2-1-3-6-11/h1-3,5-6,10,12H,4,7-8H2. The molecule has 3 aromatic rings. The number of hydrogen-bond acceptors (Lipinski definition) is 5. The molecule has 0 atom stereocenters. The molecule has 0 N–H and O–H groups in total. The van der Waals surface area contributed by atoms with Gasteiger partial charge >= 0.3 is 0 Å². The second-order valence-electron chi connectivity index (χ2n) is 5.36. The topological polar surface area (TPSA) is 67.4 Å². The molecule has 1 fully saturated rings. The highest BCUT2D eigenvalue weighted by Crippen LogP contribution is 2.38. The van der Waals surface area contributed by atoms with Crippen molar-refractivity contribution in [2.24, 2.45) is 0 Å². The van der Waals surface area contributed by atoms with Gasteiger partial charge in [0.1, 0.15) is 6.07 Å². The van der Waals surface area contributed by atoms with Crippen LogP contribution < -0.4 is 0 Å². The molecule has 0 saturated heterocycles. The number of nitriles is 1. The summed E-state index contributed by atoms with van der Waals surface area (Å²) in [7, 11) is 0. The maximum absolute atomic E-state index is 9.25. The van der Waals surface area contributed by atoms with Crippen molar-refractivity contribution in [1.82, 2.24) is 20.0 Å². The smallest absolute Gasteiger partial charge is 0.212 e. The SMILES string of the molecule is N#Cc1nnn(-c2nc(-c3ccccc3)cs2)c1C1CCC1. The van der Waals surface area contributed by atoms with Crippen LogP contribution in [0, 0.1) is 11.3 Å². The Bertz CT molecular complexity index is 839. The third-order valence-corrected chi connectivity index (χ3v) is 4.86. The Labute approximate surface area is 131 Å². The first-order valence-electron chi connectivity index (χ1n) is 7.24. The summed E-state index contributed by atoms with van der Waals surface area (Å²) in [4.78, 5) is 4.67. The van der Waals surface area contributed by atoms with Gasteiger partial charge in [-0.3, -0.25) is 0 Å². The van der Waals surface area contributed by atoms with Crippen LogP contribution in [0.25, 0.3) is 16.4 Å². The molecule has 0 spiro atoms. The molecule has 2 heterocycles. The zero-order valence-electron chi connectivity index (χ0n) is 11.8. The van der Waals surface area contributed by atoms with Gasteiger partial charge in [0.25, 0.3) is 0 Å². The molecule has 6 heteroatoms. The second-order valence-corrected chi connectivity index (χ2v) is 6.19. The summed E-state index contributed by atoms with van der Waals surface area (Å²) in [5.41, 5.74) is 3.36. The van der Waals surface area contributed by atoms with Gasteiger partial charge in [-0.2, -0.15) is 9.94 Å². The minimum atomic E-state index is 0.383. The van der Waals surface area contributed by atoms with Crippen molar-refractivity contribution in [3.8, 4) is 22.5 Å². The van der Waals surface area contributed by atoms with Gasteiger partial charge in [-0.1, -0.05) is 42.0 Å². The predicted octanol–water partition coefficient (Wildman–Crippen LogP) is 3.53. The third-order valence-electron chi connectivity index (χ3n) is 4.05. The minimum absolute atomic E-state index is 0.383. The van der Waals surface area contributed by atoms with Gasteiger partial charge in [0.05, 0.1) is 11.4 Å². The number of thiazole rings is 1. The lowest BCUT2D eigenvalue weighted by atomic mass is 9.82. The monoisotopic (exact) mass is 307 g/mol. The van der Waals surface area contributed by atoms with Crippen LogP contribution in [-0.2, 0) is 0 Å². The number of hydrogen-bond donors (Lipinski definition) is 0. The van der Waals surface area contributed by atoms with Crippen LogP contribution in [-0.4, -0.2) is 20.0 Å². The van der Waals surface area contributed by atoms with Gasteiger partial charge in [-0.15, -0.1) is 16.4 Å². The number of nitrogens with zero attached hydrogens (tertiary/aromatic N) is 5. The van der Waals surface area contributed by atoms with Crippen molar-refractivity contribution < 1.29 is 0 Å². The predicted molar refractivity (Wildman–Crippen MR) is 83.8 cm³/mol. The molecule has 22 heavy (non-hydrogen) atoms. The summed E-state index contributed by atoms with van der Waals surface area (Å²) >= 11 is 1.53. The van der Waals surface area contributed by atoms with Crippen molar-refractivity contribution in [2.75, 3.05) is 0 Å². The van der Waals surface area contributed by atoms with E-state index in [0.29, 0.717) is 11.6 Å². The molecular formula is C16H13N5S. The first kappa shape index (κ1) is 13.2. The molecule has 1 aliphatic rings. The van der Waals surface area contributed by atoms with Crippen LogP contribution in [0.5, 0.6) is 0 Å². The Morgan fingerprint density at radius 2 is 2.05 bits per heavy atom. The van der Waals surface area contributed by atoms with Crippen LogP contribution in [0.3, 0.4) is 0 Å². The largest absolute Gasteiger partial charge is 0.218 e. The summed E-state index contributed by atoms with van der Waals surface area (Å²) in [5.74, 6) is 0.383. The van der Waals surface area contributed by atoms with E-state index < -0.39 is 0 Å². The van der Waals surface area contributed by atoms with Crippen molar-refractivity contribution in [3.05, 3.63) is 47.1 Å². The van der Waals surface area contributed by atoms with Crippen LogP contribution in [0.2, 0.25) is 0 Å². The highest BCUT2D eigenvalue weighted by atomic mass is 32.1. The van der Waals surface area contributed by atoms with E-state index in [9.17, 15) is 5.26 Å². The first-order valence-corrected chi connectivity index (χ1v) is 8.12. The molecule has 5 nitrogen and oxygen atoms in total. The zero-order valence-corrected chi connectivity index (χ0v) is 12.6. The van der Waals surface area contributed by atoms with Crippen molar-refractivity contribution in [3.63, 3.8) is 0 Å². The maximum Gasteiger partial charge on any atom is 0.212 e. The second kappa shape index (κ2) is 5.35. The van der Waals surface area contributed by atoms with Gasteiger partial charge in [0.2, 0.25) is 5.13 Å². The Kier molecular flexibility index (Phi) is 3.20. The molecule has 1 aromatic carbocycles. The average molecular weight is 307 g/mol. The minimum Gasteiger partial charge on any atom is -0.218 e. The molecule has 0 amide bonds. The Morgan fingerprint density at radius 1 is 1.23 bits per heavy atom. The molecule has 4 rings (SSSR count). The van der Waals surface area contributed by atoms with Crippen LogP contribution >= 0.6 is 11.3 Å². The van der Waals surface area contributed by atoms with Crippen LogP contribution in [0.1, 0.15) is 36.6 Å². The lowest BCUT2D eigenvalue weighted by molar-refractivity contribution is 0.402. The molecule has 108 valence electrons. The fourth-order valence-electron chi connectivity index (χ4n) is 2.66. The molecular weight excluding hydrogens is 294 g/mol. The summed E-state index contributed by atoms with van der Waals surface area (Å²) in [6.45, 7) is 0. The average Bonchev–Trinajstić information content (AvgIpc) is 3.13. The van der Waals surface area contributed by atoms with Crippen LogP contribution in [0.4, 0.5) is 0 Å². The fourth-order valence-corrected chi connectivity index (χ4v) is 3.45. The highest BCUT2D eigenvalue weighted by Gasteiger charge is 2.29. The number of benzene rings is 1. The fraction of sp³-hybridized carbons (Fsp3) is 0.250. The molecule has 2 aromatic heterocycles. The van der Waals surface area contributed by atoms with Crippen molar-refractivity contribution in [2.45, 2.75) is 25.2 Å². The Hall–Kier alpha value is -2.52. The lowest BCUT2D eigenvalue weighted by Gasteiger charge is -2.25. The van der Waals surface area contributed by atoms with Gasteiger partial charge < -0.3 is 0 Å². The van der Waals surface area contributed by atoms with Gasteiger partial charge in [-0.05, 0) is 12.8 Å². The van der Waals surface area contributed by atoms with Crippen molar-refractivity contribution >= 4 is 11.3 Å². The molecule has 0 bridgehead atoms. The highest BCUT2D eigenvalue weighted by molar-refractivity contribution is 7.12. The van der Waals surface area contributed by atoms with E-state index in [2.05, 4.69) is 21.4 Å². The third kappa shape index (κ3) is 2.11. The molecule has 0 aliphatic heterocycles. The summed E-state index contributed by atoms with van der Waals surface area (Å²) in [6.07, 6.45) is 3.39. The zero-order chi connectivity index (χ0) is 14.9. The van der Waals surface area contributed by atoms with Gasteiger partial charge in [-0.25, -0.2) is 4.98 Å². The molecule has 1 saturated carbocycles. The summed E-state index contributed by atoms with van der Waals surface area (Å²) in [5, 5.41) is 20.2. The lowest BCUT2D eigenvalue weighted by Crippen LogP contribution is -2.15. The van der Waals surface area contributed by atoms with E-state index in [0.717, 1.165) is 34.9 Å². The quantitative estimate of drug-likeness (QED) is 0.742. The number of aromatic nitrogens is 4. The molecule has 0 radical (unpaired) electrons.